The molecule has 2 rings (SSSR count). The van der Waals surface area contributed by atoms with Crippen LogP contribution in [0, 0.1) is 5.92 Å². The first kappa shape index (κ1) is 10.9. The minimum absolute atomic E-state index is 0.187. The summed E-state index contributed by atoms with van der Waals surface area (Å²) in [5, 5.41) is 0. The monoisotopic (exact) mass is 210 g/mol. The highest BCUT2D eigenvalue weighted by atomic mass is 16.2. The van der Waals surface area contributed by atoms with Gasteiger partial charge in [0.1, 0.15) is 0 Å². The van der Waals surface area contributed by atoms with Crippen molar-refractivity contribution in [1.29, 1.82) is 0 Å². The Kier molecular flexibility index (Phi) is 3.29. The van der Waals surface area contributed by atoms with Crippen molar-refractivity contribution in [3.8, 4) is 0 Å². The van der Waals surface area contributed by atoms with Gasteiger partial charge in [-0.15, -0.1) is 0 Å². The Morgan fingerprint density at radius 1 is 1.40 bits per heavy atom. The molecule has 1 aliphatic heterocycles. The molecule has 1 saturated carbocycles. The molecule has 3 nitrogen and oxygen atoms in total. The zero-order valence-corrected chi connectivity index (χ0v) is 9.61. The van der Waals surface area contributed by atoms with Gasteiger partial charge >= 0.3 is 0 Å². The van der Waals surface area contributed by atoms with Gasteiger partial charge in [0.15, 0.2) is 0 Å². The van der Waals surface area contributed by atoms with Crippen molar-refractivity contribution in [3.05, 3.63) is 0 Å². The second-order valence-electron chi connectivity index (χ2n) is 4.95. The normalized spacial score (nSPS) is 32.5. The molecule has 1 amide bonds. The first-order chi connectivity index (χ1) is 7.24. The molecule has 1 aliphatic carbocycles. The molecule has 2 fully saturated rings. The number of fused-ring (bicyclic) bond motifs is 1. The zero-order valence-electron chi connectivity index (χ0n) is 9.61. The molecule has 1 heterocycles. The standard InChI is InChI=1S/C12H22N2O/c1-2-10(13)12(15)14-8-7-9-5-3-4-6-11(9)14/h9-11H,2-8,13H2,1H3/t9?,10-,11?/m1/s1. The molecule has 0 spiro atoms. The van der Waals surface area contributed by atoms with Crippen LogP contribution in [0.25, 0.3) is 0 Å². The van der Waals surface area contributed by atoms with Crippen molar-refractivity contribution in [3.63, 3.8) is 0 Å². The zero-order chi connectivity index (χ0) is 10.8. The second kappa shape index (κ2) is 4.52. The molecule has 0 radical (unpaired) electrons. The van der Waals surface area contributed by atoms with Gasteiger partial charge in [-0.1, -0.05) is 19.8 Å². The van der Waals surface area contributed by atoms with Crippen molar-refractivity contribution in [2.75, 3.05) is 6.54 Å². The van der Waals surface area contributed by atoms with Crippen LogP contribution in [0.5, 0.6) is 0 Å². The lowest BCUT2D eigenvalue weighted by Gasteiger charge is -2.32. The van der Waals surface area contributed by atoms with Gasteiger partial charge in [0.25, 0.3) is 0 Å². The Bertz CT molecular complexity index is 242. The van der Waals surface area contributed by atoms with Gasteiger partial charge in [-0.25, -0.2) is 0 Å². The fraction of sp³-hybridized carbons (Fsp3) is 0.917. The van der Waals surface area contributed by atoms with E-state index < -0.39 is 0 Å². The third-order valence-electron chi connectivity index (χ3n) is 4.05. The van der Waals surface area contributed by atoms with Crippen molar-refractivity contribution < 1.29 is 4.79 Å². The van der Waals surface area contributed by atoms with E-state index in [1.807, 2.05) is 6.92 Å². The number of hydrogen-bond acceptors (Lipinski definition) is 2. The van der Waals surface area contributed by atoms with E-state index in [4.69, 9.17) is 5.73 Å². The molecule has 0 aromatic rings. The van der Waals surface area contributed by atoms with E-state index in [2.05, 4.69) is 4.90 Å². The largest absolute Gasteiger partial charge is 0.338 e. The molecule has 2 aliphatic rings. The molecule has 2 N–H and O–H groups in total. The summed E-state index contributed by atoms with van der Waals surface area (Å²) >= 11 is 0. The minimum Gasteiger partial charge on any atom is -0.338 e. The Balaban J connectivity index is 2.01. The molecule has 3 heteroatoms. The molecule has 15 heavy (non-hydrogen) atoms. The molecule has 0 aromatic carbocycles. The number of amides is 1. The molecule has 3 atom stereocenters. The summed E-state index contributed by atoms with van der Waals surface area (Å²) in [6.45, 7) is 2.93. The Labute approximate surface area is 92.0 Å². The van der Waals surface area contributed by atoms with Gasteiger partial charge < -0.3 is 10.6 Å². The van der Waals surface area contributed by atoms with Gasteiger partial charge in [0.2, 0.25) is 5.91 Å². The van der Waals surface area contributed by atoms with Crippen LogP contribution in [-0.4, -0.2) is 29.4 Å². The van der Waals surface area contributed by atoms with Gasteiger partial charge in [-0.05, 0) is 31.6 Å². The predicted octanol–water partition coefficient (Wildman–Crippen LogP) is 1.51. The SMILES string of the molecule is CC[C@@H](N)C(=O)N1CCC2CCCCC21. The van der Waals surface area contributed by atoms with Crippen LogP contribution in [0.2, 0.25) is 0 Å². The van der Waals surface area contributed by atoms with Gasteiger partial charge in [-0.3, -0.25) is 4.79 Å². The Morgan fingerprint density at radius 3 is 2.87 bits per heavy atom. The number of likely N-dealkylation sites (tertiary alicyclic amines) is 1. The van der Waals surface area contributed by atoms with E-state index in [0.717, 1.165) is 18.9 Å². The first-order valence-electron chi connectivity index (χ1n) is 6.30. The maximum Gasteiger partial charge on any atom is 0.239 e. The van der Waals surface area contributed by atoms with E-state index in [9.17, 15) is 4.79 Å². The van der Waals surface area contributed by atoms with Crippen LogP contribution < -0.4 is 5.73 Å². The van der Waals surface area contributed by atoms with Crippen molar-refractivity contribution in [2.45, 2.75) is 57.5 Å². The lowest BCUT2D eigenvalue weighted by atomic mass is 9.85. The van der Waals surface area contributed by atoms with Crippen LogP contribution >= 0.6 is 0 Å². The Morgan fingerprint density at radius 2 is 2.13 bits per heavy atom. The number of carbonyl (C=O) groups is 1. The third kappa shape index (κ3) is 2.03. The fourth-order valence-electron chi connectivity index (χ4n) is 3.07. The molecule has 86 valence electrons. The molecule has 0 bridgehead atoms. The predicted molar refractivity (Wildman–Crippen MR) is 60.3 cm³/mol. The number of hydrogen-bond donors (Lipinski definition) is 1. The van der Waals surface area contributed by atoms with Gasteiger partial charge in [-0.2, -0.15) is 0 Å². The van der Waals surface area contributed by atoms with E-state index >= 15 is 0 Å². The number of nitrogens with zero attached hydrogens (tertiary/aromatic N) is 1. The Hall–Kier alpha value is -0.570. The maximum atomic E-state index is 12.0. The third-order valence-corrected chi connectivity index (χ3v) is 4.05. The second-order valence-corrected chi connectivity index (χ2v) is 4.95. The van der Waals surface area contributed by atoms with E-state index in [1.54, 1.807) is 0 Å². The lowest BCUT2D eigenvalue weighted by molar-refractivity contribution is -0.134. The van der Waals surface area contributed by atoms with Gasteiger partial charge in [0, 0.05) is 12.6 Å². The molecule has 1 saturated heterocycles. The highest BCUT2D eigenvalue weighted by Crippen LogP contribution is 2.36. The lowest BCUT2D eigenvalue weighted by Crippen LogP contribution is -2.47. The number of carbonyl (C=O) groups excluding carboxylic acids is 1. The van der Waals surface area contributed by atoms with E-state index in [-0.39, 0.29) is 11.9 Å². The smallest absolute Gasteiger partial charge is 0.239 e. The fourth-order valence-corrected chi connectivity index (χ4v) is 3.07. The van der Waals surface area contributed by atoms with Crippen LogP contribution in [0.1, 0.15) is 45.4 Å². The summed E-state index contributed by atoms with van der Waals surface area (Å²) in [4.78, 5) is 14.1. The molecule has 2 unspecified atom stereocenters. The summed E-state index contributed by atoms with van der Waals surface area (Å²) < 4.78 is 0. The minimum atomic E-state index is -0.273. The first-order valence-corrected chi connectivity index (χ1v) is 6.30. The summed E-state index contributed by atoms with van der Waals surface area (Å²) in [6.07, 6.45) is 7.11. The molecular formula is C12H22N2O. The van der Waals surface area contributed by atoms with E-state index in [0.29, 0.717) is 6.04 Å². The number of nitrogens with two attached hydrogens (primary N) is 1. The summed E-state index contributed by atoms with van der Waals surface area (Å²) in [6, 6.07) is 0.245. The summed E-state index contributed by atoms with van der Waals surface area (Å²) in [5.41, 5.74) is 5.83. The van der Waals surface area contributed by atoms with Crippen LogP contribution in [0.4, 0.5) is 0 Å². The van der Waals surface area contributed by atoms with Crippen molar-refractivity contribution in [1.82, 2.24) is 4.90 Å². The van der Waals surface area contributed by atoms with Gasteiger partial charge in [0.05, 0.1) is 6.04 Å². The number of rotatable bonds is 2. The summed E-state index contributed by atoms with van der Waals surface area (Å²) in [7, 11) is 0. The van der Waals surface area contributed by atoms with Crippen LogP contribution in [0.15, 0.2) is 0 Å². The maximum absolute atomic E-state index is 12.0. The molecule has 0 aromatic heterocycles. The highest BCUT2D eigenvalue weighted by molar-refractivity contribution is 5.82. The summed E-state index contributed by atoms with van der Waals surface area (Å²) in [5.74, 6) is 0.957. The van der Waals surface area contributed by atoms with Crippen LogP contribution in [-0.2, 0) is 4.79 Å². The molecular weight excluding hydrogens is 188 g/mol. The van der Waals surface area contributed by atoms with Crippen LogP contribution in [0.3, 0.4) is 0 Å². The van der Waals surface area contributed by atoms with Crippen molar-refractivity contribution >= 4 is 5.91 Å². The average molecular weight is 210 g/mol. The van der Waals surface area contributed by atoms with Crippen molar-refractivity contribution in [2.24, 2.45) is 11.7 Å². The highest BCUT2D eigenvalue weighted by Gasteiger charge is 2.38. The average Bonchev–Trinajstić information content (AvgIpc) is 2.70. The quantitative estimate of drug-likeness (QED) is 0.751. The topological polar surface area (TPSA) is 46.3 Å². The van der Waals surface area contributed by atoms with E-state index in [1.165, 1.54) is 32.1 Å².